The summed E-state index contributed by atoms with van der Waals surface area (Å²) in [6.45, 7) is 1.63. The lowest BCUT2D eigenvalue weighted by molar-refractivity contribution is -0.145. The van der Waals surface area contributed by atoms with Crippen LogP contribution in [0.3, 0.4) is 0 Å². The van der Waals surface area contributed by atoms with E-state index < -0.39 is 17.3 Å². The lowest BCUT2D eigenvalue weighted by Crippen LogP contribution is -2.55. The highest BCUT2D eigenvalue weighted by molar-refractivity contribution is 6.16. The van der Waals surface area contributed by atoms with Crippen LogP contribution in [0.5, 0.6) is 17.2 Å². The molecule has 0 heterocycles. The highest BCUT2D eigenvalue weighted by Gasteiger charge is 2.42. The van der Waals surface area contributed by atoms with Crippen LogP contribution in [0.25, 0.3) is 0 Å². The third kappa shape index (κ3) is 2.99. The third-order valence-corrected chi connectivity index (χ3v) is 3.44. The SMILES string of the molecule is CCC(N)(C(=O)OC)C(=O)c1cc(OC)c(OC)c(OC)c1. The summed E-state index contributed by atoms with van der Waals surface area (Å²) in [5, 5.41) is 0. The summed E-state index contributed by atoms with van der Waals surface area (Å²) in [7, 11) is 5.50. The second-order valence-electron chi connectivity index (χ2n) is 4.56. The van der Waals surface area contributed by atoms with E-state index >= 15 is 0 Å². The number of hydrogen-bond donors (Lipinski definition) is 1. The summed E-state index contributed by atoms with van der Waals surface area (Å²) in [6.07, 6.45) is 0.0924. The van der Waals surface area contributed by atoms with Crippen LogP contribution in [0.1, 0.15) is 23.7 Å². The maximum absolute atomic E-state index is 12.7. The molecule has 0 saturated heterocycles. The van der Waals surface area contributed by atoms with E-state index in [1.165, 1.54) is 40.6 Å². The van der Waals surface area contributed by atoms with Gasteiger partial charge in [-0.2, -0.15) is 0 Å². The predicted molar refractivity (Wildman–Crippen MR) is 79.7 cm³/mol. The van der Waals surface area contributed by atoms with Crippen molar-refractivity contribution in [2.45, 2.75) is 18.9 Å². The summed E-state index contributed by atoms with van der Waals surface area (Å²) in [5.74, 6) is -0.435. The van der Waals surface area contributed by atoms with Gasteiger partial charge >= 0.3 is 5.97 Å². The van der Waals surface area contributed by atoms with Gasteiger partial charge in [0.25, 0.3) is 0 Å². The van der Waals surface area contributed by atoms with Gasteiger partial charge in [-0.25, -0.2) is 4.79 Å². The molecule has 0 radical (unpaired) electrons. The van der Waals surface area contributed by atoms with Gasteiger partial charge in [0.15, 0.2) is 22.8 Å². The van der Waals surface area contributed by atoms with Gasteiger partial charge < -0.3 is 24.7 Å². The molecule has 0 bridgehead atoms. The lowest BCUT2D eigenvalue weighted by Gasteiger charge is -2.24. The number of Topliss-reactive ketones (excluding diaryl/α,β-unsaturated/α-hetero) is 1. The first-order valence-electron chi connectivity index (χ1n) is 6.61. The number of nitrogens with two attached hydrogens (primary N) is 1. The molecule has 22 heavy (non-hydrogen) atoms. The largest absolute Gasteiger partial charge is 0.493 e. The van der Waals surface area contributed by atoms with Crippen molar-refractivity contribution >= 4 is 11.8 Å². The maximum atomic E-state index is 12.7. The van der Waals surface area contributed by atoms with E-state index in [-0.39, 0.29) is 12.0 Å². The Morgan fingerprint density at radius 2 is 1.55 bits per heavy atom. The second kappa shape index (κ2) is 7.13. The number of esters is 1. The normalized spacial score (nSPS) is 13.0. The quantitative estimate of drug-likeness (QED) is 0.458. The van der Waals surface area contributed by atoms with Crippen LogP contribution in [0.15, 0.2) is 12.1 Å². The minimum Gasteiger partial charge on any atom is -0.493 e. The molecule has 1 atom stereocenters. The zero-order valence-electron chi connectivity index (χ0n) is 13.4. The Kier molecular flexibility index (Phi) is 5.76. The minimum atomic E-state index is -1.76. The maximum Gasteiger partial charge on any atom is 0.334 e. The number of methoxy groups -OCH3 is 4. The number of ketones is 1. The number of benzene rings is 1. The molecule has 0 aliphatic carbocycles. The van der Waals surface area contributed by atoms with E-state index in [1.54, 1.807) is 6.92 Å². The van der Waals surface area contributed by atoms with Gasteiger partial charge in [-0.3, -0.25) is 4.79 Å². The number of hydrogen-bond acceptors (Lipinski definition) is 7. The smallest absolute Gasteiger partial charge is 0.334 e. The first kappa shape index (κ1) is 17.8. The molecule has 2 N–H and O–H groups in total. The molecule has 7 nitrogen and oxygen atoms in total. The van der Waals surface area contributed by atoms with Crippen molar-refractivity contribution in [1.82, 2.24) is 0 Å². The zero-order valence-corrected chi connectivity index (χ0v) is 13.4. The summed E-state index contributed by atoms with van der Waals surface area (Å²) in [4.78, 5) is 24.5. The van der Waals surface area contributed by atoms with Gasteiger partial charge in [-0.15, -0.1) is 0 Å². The number of carbonyl (C=O) groups is 2. The molecule has 122 valence electrons. The summed E-state index contributed by atoms with van der Waals surface area (Å²) < 4.78 is 20.2. The van der Waals surface area contributed by atoms with Crippen LogP contribution in [0.2, 0.25) is 0 Å². The third-order valence-electron chi connectivity index (χ3n) is 3.44. The van der Waals surface area contributed by atoms with Crippen LogP contribution >= 0.6 is 0 Å². The summed E-state index contributed by atoms with van der Waals surface area (Å²) in [5.41, 5.74) is 4.35. The summed E-state index contributed by atoms with van der Waals surface area (Å²) in [6, 6.07) is 2.90. The average molecular weight is 311 g/mol. The first-order valence-corrected chi connectivity index (χ1v) is 6.61. The van der Waals surface area contributed by atoms with Gasteiger partial charge in [0.1, 0.15) is 0 Å². The monoisotopic (exact) mass is 311 g/mol. The molecule has 0 amide bonds. The summed E-state index contributed by atoms with van der Waals surface area (Å²) >= 11 is 0. The van der Waals surface area contributed by atoms with Gasteiger partial charge in [0.2, 0.25) is 5.75 Å². The van der Waals surface area contributed by atoms with E-state index in [0.29, 0.717) is 17.2 Å². The van der Waals surface area contributed by atoms with Crippen LogP contribution in [0.4, 0.5) is 0 Å². The molecule has 0 spiro atoms. The molecule has 1 rings (SSSR count). The molecule has 7 heteroatoms. The highest BCUT2D eigenvalue weighted by atomic mass is 16.5. The zero-order chi connectivity index (χ0) is 16.9. The first-order chi connectivity index (χ1) is 10.4. The predicted octanol–water partition coefficient (Wildman–Crippen LogP) is 1.18. The highest BCUT2D eigenvalue weighted by Crippen LogP contribution is 2.39. The fourth-order valence-electron chi connectivity index (χ4n) is 2.05. The Balaban J connectivity index is 3.43. The molecular weight excluding hydrogens is 290 g/mol. The molecule has 0 aromatic heterocycles. The van der Waals surface area contributed by atoms with Crippen LogP contribution in [-0.4, -0.2) is 45.7 Å². The Hall–Kier alpha value is -2.28. The van der Waals surface area contributed by atoms with Gasteiger partial charge in [0.05, 0.1) is 28.4 Å². The topological polar surface area (TPSA) is 97.1 Å². The van der Waals surface area contributed by atoms with E-state index in [4.69, 9.17) is 19.9 Å². The van der Waals surface area contributed by atoms with Crippen molar-refractivity contribution in [2.24, 2.45) is 5.73 Å². The van der Waals surface area contributed by atoms with Crippen molar-refractivity contribution < 1.29 is 28.5 Å². The molecule has 1 aromatic rings. The standard InChI is InChI=1S/C15H21NO6/c1-6-15(16,14(18)22-5)13(17)9-7-10(19-2)12(21-4)11(8-9)20-3/h7-8H,6,16H2,1-5H3. The molecule has 0 aliphatic rings. The van der Waals surface area contributed by atoms with Crippen molar-refractivity contribution in [3.05, 3.63) is 17.7 Å². The van der Waals surface area contributed by atoms with Crippen molar-refractivity contribution in [3.63, 3.8) is 0 Å². The van der Waals surface area contributed by atoms with Gasteiger partial charge in [-0.1, -0.05) is 6.92 Å². The second-order valence-corrected chi connectivity index (χ2v) is 4.56. The van der Waals surface area contributed by atoms with Gasteiger partial charge in [-0.05, 0) is 18.6 Å². The molecular formula is C15H21NO6. The number of rotatable bonds is 7. The van der Waals surface area contributed by atoms with Gasteiger partial charge in [0, 0.05) is 5.56 Å². The molecule has 1 aromatic carbocycles. The Morgan fingerprint density at radius 3 is 1.86 bits per heavy atom. The number of ether oxygens (including phenoxy) is 4. The molecule has 0 fully saturated rings. The Morgan fingerprint density at radius 1 is 1.05 bits per heavy atom. The Labute approximate surface area is 129 Å². The van der Waals surface area contributed by atoms with Crippen LogP contribution < -0.4 is 19.9 Å². The van der Waals surface area contributed by atoms with E-state index in [2.05, 4.69) is 4.74 Å². The average Bonchev–Trinajstić information content (AvgIpc) is 2.57. The Bertz CT molecular complexity index is 546. The van der Waals surface area contributed by atoms with Crippen LogP contribution in [0, 0.1) is 0 Å². The molecule has 0 aliphatic heterocycles. The van der Waals surface area contributed by atoms with Crippen molar-refractivity contribution in [2.75, 3.05) is 28.4 Å². The van der Waals surface area contributed by atoms with E-state index in [0.717, 1.165) is 0 Å². The van der Waals surface area contributed by atoms with E-state index in [9.17, 15) is 9.59 Å². The number of carbonyl (C=O) groups excluding carboxylic acids is 2. The van der Waals surface area contributed by atoms with E-state index in [1.807, 2.05) is 0 Å². The molecule has 0 saturated carbocycles. The van der Waals surface area contributed by atoms with Crippen LogP contribution in [-0.2, 0) is 9.53 Å². The lowest BCUT2D eigenvalue weighted by atomic mass is 9.87. The van der Waals surface area contributed by atoms with Crippen molar-refractivity contribution in [1.29, 1.82) is 0 Å². The molecule has 1 unspecified atom stereocenters. The minimum absolute atomic E-state index is 0.0924. The fraction of sp³-hybridized carbons (Fsp3) is 0.467. The van der Waals surface area contributed by atoms with Crippen molar-refractivity contribution in [3.8, 4) is 17.2 Å². The fourth-order valence-corrected chi connectivity index (χ4v) is 2.05.